The molecule has 0 unspecified atom stereocenters. The van der Waals surface area contributed by atoms with E-state index in [1.165, 1.54) is 18.3 Å². The van der Waals surface area contributed by atoms with Crippen molar-refractivity contribution in [1.82, 2.24) is 4.98 Å². The van der Waals surface area contributed by atoms with Crippen molar-refractivity contribution < 1.29 is 9.15 Å². The minimum atomic E-state index is 0.595. The van der Waals surface area contributed by atoms with E-state index in [1.54, 1.807) is 13.3 Å². The van der Waals surface area contributed by atoms with Gasteiger partial charge < -0.3 is 19.2 Å². The largest absolute Gasteiger partial charge is 0.496 e. The van der Waals surface area contributed by atoms with Crippen LogP contribution in [0.2, 0.25) is 0 Å². The smallest absolute Gasteiger partial charge is 0.181 e. The summed E-state index contributed by atoms with van der Waals surface area (Å²) in [6, 6.07) is 13.8. The van der Waals surface area contributed by atoms with Crippen LogP contribution in [-0.4, -0.2) is 12.1 Å². The Kier molecular flexibility index (Phi) is 5.67. The first kappa shape index (κ1) is 17.4. The number of rotatable bonds is 7. The molecular weight excluding hydrogens is 402 g/mol. The second-order valence-electron chi connectivity index (χ2n) is 5.05. The molecule has 0 spiro atoms. The van der Waals surface area contributed by atoms with Gasteiger partial charge in [0.25, 0.3) is 0 Å². The molecule has 3 rings (SSSR count). The Morgan fingerprint density at radius 3 is 2.64 bits per heavy atom. The van der Waals surface area contributed by atoms with Gasteiger partial charge in [0.1, 0.15) is 5.75 Å². The number of ether oxygens (including phenoxy) is 1. The molecule has 0 amide bonds. The van der Waals surface area contributed by atoms with E-state index < -0.39 is 0 Å². The lowest BCUT2D eigenvalue weighted by Gasteiger charge is -2.13. The minimum absolute atomic E-state index is 0.595. The molecule has 3 aromatic rings. The fourth-order valence-corrected chi connectivity index (χ4v) is 3.13. The van der Waals surface area contributed by atoms with Crippen LogP contribution in [0.1, 0.15) is 5.76 Å². The molecule has 0 bridgehead atoms. The number of hydrogen-bond donors (Lipinski definition) is 2. The van der Waals surface area contributed by atoms with E-state index in [-0.39, 0.29) is 0 Å². The van der Waals surface area contributed by atoms with Crippen LogP contribution in [-0.2, 0) is 0 Å². The Morgan fingerprint density at radius 1 is 1.20 bits per heavy atom. The summed E-state index contributed by atoms with van der Waals surface area (Å²) in [6.45, 7) is 3.96. The molecule has 0 saturated heterocycles. The molecule has 0 aliphatic rings. The number of benzene rings is 2. The van der Waals surface area contributed by atoms with Crippen molar-refractivity contribution in [2.24, 2.45) is 0 Å². The van der Waals surface area contributed by atoms with Crippen molar-refractivity contribution in [2.75, 3.05) is 17.1 Å². The normalized spacial score (nSPS) is 10.3. The van der Waals surface area contributed by atoms with Gasteiger partial charge in [-0.25, -0.2) is 4.98 Å². The topological polar surface area (TPSA) is 59.3 Å². The molecule has 2 aromatic carbocycles. The summed E-state index contributed by atoms with van der Waals surface area (Å²) >= 11 is 4.90. The van der Waals surface area contributed by atoms with Crippen LogP contribution in [0.3, 0.4) is 0 Å². The van der Waals surface area contributed by atoms with Gasteiger partial charge >= 0.3 is 0 Å². The molecule has 0 atom stereocenters. The fraction of sp³-hybridized carbons (Fsp3) is 0.0556. The molecule has 0 saturated carbocycles. The van der Waals surface area contributed by atoms with Gasteiger partial charge in [-0.2, -0.15) is 0 Å². The van der Waals surface area contributed by atoms with E-state index in [1.807, 2.05) is 42.5 Å². The SMILES string of the molecule is C=C(Nc1ccc(OC)c(SNc2ccc(Br)cc2)c1)c1cnco1. The van der Waals surface area contributed by atoms with Crippen molar-refractivity contribution in [3.05, 3.63) is 71.9 Å². The first-order chi connectivity index (χ1) is 12.2. The van der Waals surface area contributed by atoms with E-state index in [0.29, 0.717) is 11.5 Å². The molecule has 7 heteroatoms. The first-order valence-corrected chi connectivity index (χ1v) is 8.98. The minimum Gasteiger partial charge on any atom is -0.496 e. The first-order valence-electron chi connectivity index (χ1n) is 7.37. The second-order valence-corrected chi connectivity index (χ2v) is 6.81. The summed E-state index contributed by atoms with van der Waals surface area (Å²) in [7, 11) is 1.65. The third-order valence-electron chi connectivity index (χ3n) is 3.31. The maximum absolute atomic E-state index is 5.44. The average Bonchev–Trinajstić information content (AvgIpc) is 3.16. The van der Waals surface area contributed by atoms with E-state index in [4.69, 9.17) is 9.15 Å². The van der Waals surface area contributed by atoms with Gasteiger partial charge in [0.05, 0.1) is 23.9 Å². The molecule has 1 heterocycles. The van der Waals surface area contributed by atoms with Crippen LogP contribution in [0.4, 0.5) is 11.4 Å². The summed E-state index contributed by atoms with van der Waals surface area (Å²) in [5, 5.41) is 3.21. The van der Waals surface area contributed by atoms with Gasteiger partial charge in [-0.1, -0.05) is 22.5 Å². The van der Waals surface area contributed by atoms with Crippen molar-refractivity contribution in [3.8, 4) is 5.75 Å². The van der Waals surface area contributed by atoms with Gasteiger partial charge in [0.2, 0.25) is 0 Å². The van der Waals surface area contributed by atoms with E-state index in [2.05, 4.69) is 37.5 Å². The van der Waals surface area contributed by atoms with Gasteiger partial charge in [-0.3, -0.25) is 0 Å². The molecule has 5 nitrogen and oxygen atoms in total. The van der Waals surface area contributed by atoms with Crippen LogP contribution >= 0.6 is 27.9 Å². The van der Waals surface area contributed by atoms with Gasteiger partial charge in [-0.15, -0.1) is 0 Å². The highest BCUT2D eigenvalue weighted by Gasteiger charge is 2.08. The maximum atomic E-state index is 5.44. The number of hydrogen-bond acceptors (Lipinski definition) is 6. The molecular formula is C18H16BrN3O2S. The van der Waals surface area contributed by atoms with Crippen molar-refractivity contribution >= 4 is 44.9 Å². The second kappa shape index (κ2) is 8.13. The zero-order valence-electron chi connectivity index (χ0n) is 13.5. The Balaban J connectivity index is 1.73. The molecule has 1 aromatic heterocycles. The fourth-order valence-electron chi connectivity index (χ4n) is 2.07. The van der Waals surface area contributed by atoms with Crippen molar-refractivity contribution in [2.45, 2.75) is 4.90 Å². The highest BCUT2D eigenvalue weighted by Crippen LogP contribution is 2.33. The molecule has 0 aliphatic heterocycles. The van der Waals surface area contributed by atoms with E-state index >= 15 is 0 Å². The Bertz CT molecular complexity index is 851. The summed E-state index contributed by atoms with van der Waals surface area (Å²) in [4.78, 5) is 4.84. The monoisotopic (exact) mass is 417 g/mol. The highest BCUT2D eigenvalue weighted by atomic mass is 79.9. The molecule has 0 fully saturated rings. The highest BCUT2D eigenvalue weighted by molar-refractivity contribution is 9.10. The van der Waals surface area contributed by atoms with Crippen LogP contribution < -0.4 is 14.8 Å². The van der Waals surface area contributed by atoms with Crippen molar-refractivity contribution in [1.29, 1.82) is 0 Å². The average molecular weight is 418 g/mol. The Hall–Kier alpha value is -2.38. The number of methoxy groups -OCH3 is 1. The molecule has 0 radical (unpaired) electrons. The quantitative estimate of drug-likeness (QED) is 0.484. The molecule has 128 valence electrons. The summed E-state index contributed by atoms with van der Waals surface area (Å²) in [5.74, 6) is 1.38. The van der Waals surface area contributed by atoms with E-state index in [9.17, 15) is 0 Å². The lowest BCUT2D eigenvalue weighted by molar-refractivity contribution is 0.405. The molecule has 25 heavy (non-hydrogen) atoms. The van der Waals surface area contributed by atoms with Crippen LogP contribution in [0.15, 0.2) is 75.4 Å². The summed E-state index contributed by atoms with van der Waals surface area (Å²) in [6.07, 6.45) is 2.99. The standard InChI is InChI=1S/C18H16BrN3O2S/c1-12(17-10-20-11-24-17)21-15-7-8-16(23-2)18(9-15)25-22-14-5-3-13(19)4-6-14/h3-11,21-22H,1H2,2H3. The number of nitrogens with zero attached hydrogens (tertiary/aromatic N) is 1. The predicted molar refractivity (Wildman–Crippen MR) is 106 cm³/mol. The van der Waals surface area contributed by atoms with Crippen LogP contribution in [0.5, 0.6) is 5.75 Å². The van der Waals surface area contributed by atoms with Gasteiger partial charge in [0.15, 0.2) is 12.2 Å². The predicted octanol–water partition coefficient (Wildman–Crippen LogP) is 5.65. The number of oxazole rings is 1. The zero-order chi connectivity index (χ0) is 17.6. The lowest BCUT2D eigenvalue weighted by atomic mass is 10.2. The number of aromatic nitrogens is 1. The Morgan fingerprint density at radius 2 is 1.96 bits per heavy atom. The number of anilines is 2. The van der Waals surface area contributed by atoms with Gasteiger partial charge in [-0.05, 0) is 54.4 Å². The third kappa shape index (κ3) is 4.58. The third-order valence-corrected chi connectivity index (χ3v) is 4.72. The maximum Gasteiger partial charge on any atom is 0.181 e. The molecule has 2 N–H and O–H groups in total. The van der Waals surface area contributed by atoms with E-state index in [0.717, 1.165) is 26.5 Å². The number of halogens is 1. The van der Waals surface area contributed by atoms with Crippen LogP contribution in [0.25, 0.3) is 5.70 Å². The lowest BCUT2D eigenvalue weighted by Crippen LogP contribution is -1.98. The summed E-state index contributed by atoms with van der Waals surface area (Å²) in [5.41, 5.74) is 2.52. The van der Waals surface area contributed by atoms with Crippen molar-refractivity contribution in [3.63, 3.8) is 0 Å². The van der Waals surface area contributed by atoms with Crippen LogP contribution in [0, 0.1) is 0 Å². The Labute approximate surface area is 158 Å². The number of nitrogens with one attached hydrogen (secondary N) is 2. The molecule has 0 aliphatic carbocycles. The zero-order valence-corrected chi connectivity index (χ0v) is 15.9. The van der Waals surface area contributed by atoms with Gasteiger partial charge in [0, 0.05) is 15.8 Å². The summed E-state index contributed by atoms with van der Waals surface area (Å²) < 4.78 is 15.0.